The van der Waals surface area contributed by atoms with Gasteiger partial charge in [0.15, 0.2) is 0 Å². The second-order valence-electron chi connectivity index (χ2n) is 2.38. The summed E-state index contributed by atoms with van der Waals surface area (Å²) in [4.78, 5) is 4.26. The zero-order chi connectivity index (χ0) is 6.69. The Morgan fingerprint density at radius 3 is 3.00 bits per heavy atom. The van der Waals surface area contributed by atoms with Gasteiger partial charge in [-0.1, -0.05) is 0 Å². The molecule has 0 fully saturated rings. The highest BCUT2D eigenvalue weighted by molar-refractivity contribution is 5.87. The summed E-state index contributed by atoms with van der Waals surface area (Å²) in [6, 6.07) is 0.332. The molecule has 3 heteroatoms. The van der Waals surface area contributed by atoms with E-state index in [2.05, 4.69) is 10.4 Å². The van der Waals surface area contributed by atoms with Crippen LogP contribution in [0, 0.1) is 0 Å². The summed E-state index contributed by atoms with van der Waals surface area (Å²) in [5, 5.41) is 0. The highest BCUT2D eigenvalue weighted by atomic mass is 15.2. The molecule has 1 aliphatic heterocycles. The maximum absolute atomic E-state index is 5.26. The monoisotopic (exact) mass is 127 g/mol. The van der Waals surface area contributed by atoms with Crippen LogP contribution in [-0.2, 0) is 0 Å². The van der Waals surface area contributed by atoms with Crippen molar-refractivity contribution in [2.45, 2.75) is 25.8 Å². The van der Waals surface area contributed by atoms with E-state index in [0.717, 1.165) is 25.1 Å². The van der Waals surface area contributed by atoms with E-state index in [0.29, 0.717) is 6.04 Å². The van der Waals surface area contributed by atoms with E-state index >= 15 is 0 Å². The molecular formula is C6H13N3. The highest BCUT2D eigenvalue weighted by Gasteiger charge is 2.12. The van der Waals surface area contributed by atoms with Crippen molar-refractivity contribution < 1.29 is 0 Å². The number of nitrogens with two attached hydrogens (primary N) is 1. The Kier molecular flexibility index (Phi) is 2.19. The van der Waals surface area contributed by atoms with Crippen LogP contribution >= 0.6 is 0 Å². The molecule has 0 spiro atoms. The molecule has 1 heterocycles. The summed E-state index contributed by atoms with van der Waals surface area (Å²) in [5.74, 6) is 5.26. The Bertz CT molecular complexity index is 119. The summed E-state index contributed by atoms with van der Waals surface area (Å²) in [6.07, 6.45) is 2.29. The molecule has 0 amide bonds. The Balaban J connectivity index is 2.50. The molecule has 1 atom stereocenters. The van der Waals surface area contributed by atoms with Gasteiger partial charge in [0.2, 0.25) is 0 Å². The van der Waals surface area contributed by atoms with Crippen LogP contribution in [0.3, 0.4) is 0 Å². The van der Waals surface area contributed by atoms with Crippen molar-refractivity contribution in [3.05, 3.63) is 0 Å². The second-order valence-corrected chi connectivity index (χ2v) is 2.38. The van der Waals surface area contributed by atoms with Gasteiger partial charge in [-0.3, -0.25) is 16.3 Å². The van der Waals surface area contributed by atoms with Crippen LogP contribution in [0.5, 0.6) is 0 Å². The summed E-state index contributed by atoms with van der Waals surface area (Å²) in [6.45, 7) is 2.99. The molecule has 0 saturated heterocycles. The maximum atomic E-state index is 5.26. The number of nitrogens with one attached hydrogen (secondary N) is 1. The molecule has 0 aliphatic carbocycles. The van der Waals surface area contributed by atoms with Gasteiger partial charge in [0.25, 0.3) is 0 Å². The molecule has 52 valence electrons. The summed E-state index contributed by atoms with van der Waals surface area (Å²) in [7, 11) is 0. The van der Waals surface area contributed by atoms with Gasteiger partial charge < -0.3 is 0 Å². The molecule has 3 N–H and O–H groups in total. The lowest BCUT2D eigenvalue weighted by atomic mass is 10.1. The van der Waals surface area contributed by atoms with E-state index in [1.807, 2.05) is 6.92 Å². The average Bonchev–Trinajstić information content (AvgIpc) is 1.89. The van der Waals surface area contributed by atoms with Crippen molar-refractivity contribution in [1.82, 2.24) is 5.43 Å². The molecule has 0 radical (unpaired) electrons. The predicted octanol–water partition coefficient (Wildman–Crippen LogP) is 0.0730. The number of hydrogen-bond acceptors (Lipinski definition) is 3. The minimum atomic E-state index is 0.332. The van der Waals surface area contributed by atoms with Gasteiger partial charge in [0, 0.05) is 12.3 Å². The molecule has 1 aliphatic rings. The zero-order valence-corrected chi connectivity index (χ0v) is 5.72. The number of hydrazine groups is 1. The highest BCUT2D eigenvalue weighted by Crippen LogP contribution is 2.05. The van der Waals surface area contributed by atoms with Crippen LogP contribution in [0.15, 0.2) is 4.99 Å². The summed E-state index contributed by atoms with van der Waals surface area (Å²) in [5.41, 5.74) is 3.87. The maximum Gasteiger partial charge on any atom is 0.0586 e. The average molecular weight is 127 g/mol. The molecule has 1 rings (SSSR count). The molecule has 3 nitrogen and oxygen atoms in total. The summed E-state index contributed by atoms with van der Waals surface area (Å²) < 4.78 is 0. The van der Waals surface area contributed by atoms with Crippen LogP contribution < -0.4 is 11.3 Å². The van der Waals surface area contributed by atoms with Crippen molar-refractivity contribution in [1.29, 1.82) is 0 Å². The van der Waals surface area contributed by atoms with Gasteiger partial charge in [-0.25, -0.2) is 0 Å². The quantitative estimate of drug-likeness (QED) is 0.387. The summed E-state index contributed by atoms with van der Waals surface area (Å²) >= 11 is 0. The largest absolute Gasteiger partial charge is 0.293 e. The molecule has 9 heavy (non-hydrogen) atoms. The Labute approximate surface area is 55.3 Å². The van der Waals surface area contributed by atoms with Gasteiger partial charge in [-0.2, -0.15) is 0 Å². The number of aliphatic imine (C=N–C) groups is 1. The van der Waals surface area contributed by atoms with Gasteiger partial charge in [0.1, 0.15) is 0 Å². The lowest BCUT2D eigenvalue weighted by molar-refractivity contribution is 0.558. The smallest absolute Gasteiger partial charge is 0.0586 e. The first-order valence-corrected chi connectivity index (χ1v) is 3.31. The van der Waals surface area contributed by atoms with E-state index in [1.54, 1.807) is 0 Å². The lowest BCUT2D eigenvalue weighted by Gasteiger charge is -2.18. The third kappa shape index (κ3) is 1.50. The van der Waals surface area contributed by atoms with Crippen molar-refractivity contribution in [3.63, 3.8) is 0 Å². The minimum absolute atomic E-state index is 0.332. The molecule has 0 aromatic carbocycles. The van der Waals surface area contributed by atoms with E-state index in [4.69, 9.17) is 5.84 Å². The molecule has 0 saturated carbocycles. The molecule has 1 unspecified atom stereocenters. The Morgan fingerprint density at radius 1 is 1.78 bits per heavy atom. The van der Waals surface area contributed by atoms with Gasteiger partial charge in [-0.05, 0) is 19.8 Å². The Hall–Kier alpha value is -0.410. The molecule has 0 aromatic rings. The lowest BCUT2D eigenvalue weighted by Crippen LogP contribution is -2.41. The van der Waals surface area contributed by atoms with Gasteiger partial charge >= 0.3 is 0 Å². The minimum Gasteiger partial charge on any atom is -0.293 e. The van der Waals surface area contributed by atoms with E-state index in [9.17, 15) is 0 Å². The zero-order valence-electron chi connectivity index (χ0n) is 5.72. The standard InChI is InChI=1S/C6H13N3/c1-5-6(9-7)3-2-4-8-5/h6,9H,2-4,7H2,1H3. The molecular weight excluding hydrogens is 114 g/mol. The SMILES string of the molecule is CC1=NCCCC1NN. The van der Waals surface area contributed by atoms with Crippen molar-refractivity contribution in [2.75, 3.05) is 6.54 Å². The van der Waals surface area contributed by atoms with Crippen molar-refractivity contribution in [3.8, 4) is 0 Å². The molecule has 0 bridgehead atoms. The van der Waals surface area contributed by atoms with E-state index < -0.39 is 0 Å². The molecule has 0 aromatic heterocycles. The normalized spacial score (nSPS) is 27.8. The fraction of sp³-hybridized carbons (Fsp3) is 0.833. The van der Waals surface area contributed by atoms with Crippen LogP contribution in [0.1, 0.15) is 19.8 Å². The van der Waals surface area contributed by atoms with Crippen LogP contribution in [0.2, 0.25) is 0 Å². The third-order valence-corrected chi connectivity index (χ3v) is 1.72. The first-order chi connectivity index (χ1) is 4.34. The fourth-order valence-electron chi connectivity index (χ4n) is 1.07. The van der Waals surface area contributed by atoms with E-state index in [-0.39, 0.29) is 0 Å². The third-order valence-electron chi connectivity index (χ3n) is 1.72. The Morgan fingerprint density at radius 2 is 2.56 bits per heavy atom. The van der Waals surface area contributed by atoms with Crippen molar-refractivity contribution >= 4 is 5.71 Å². The van der Waals surface area contributed by atoms with Crippen LogP contribution in [-0.4, -0.2) is 18.3 Å². The predicted molar refractivity (Wildman–Crippen MR) is 38.3 cm³/mol. The first kappa shape index (κ1) is 6.71. The van der Waals surface area contributed by atoms with Crippen molar-refractivity contribution in [2.24, 2.45) is 10.8 Å². The van der Waals surface area contributed by atoms with Crippen LogP contribution in [0.4, 0.5) is 0 Å². The number of nitrogens with zero attached hydrogens (tertiary/aromatic N) is 1. The van der Waals surface area contributed by atoms with E-state index in [1.165, 1.54) is 0 Å². The van der Waals surface area contributed by atoms with Crippen LogP contribution in [0.25, 0.3) is 0 Å². The fourth-order valence-corrected chi connectivity index (χ4v) is 1.07. The second kappa shape index (κ2) is 2.94. The first-order valence-electron chi connectivity index (χ1n) is 3.31. The van der Waals surface area contributed by atoms with Gasteiger partial charge in [-0.15, -0.1) is 0 Å². The topological polar surface area (TPSA) is 50.4 Å². The number of rotatable bonds is 1. The van der Waals surface area contributed by atoms with Gasteiger partial charge in [0.05, 0.1) is 6.04 Å². The number of hydrogen-bond donors (Lipinski definition) is 2.